The molecular weight excluding hydrogens is 632 g/mol. The second kappa shape index (κ2) is 12.9. The number of carbonyl (C=O) groups excluding carboxylic acids is 5. The van der Waals surface area contributed by atoms with Crippen molar-refractivity contribution in [2.45, 2.75) is 137 Å². The molecule has 0 aromatic carbocycles. The molecule has 0 bridgehead atoms. The highest BCUT2D eigenvalue weighted by molar-refractivity contribution is 5.79. The molecule has 11 atom stereocenters. The van der Waals surface area contributed by atoms with E-state index in [9.17, 15) is 24.0 Å². The van der Waals surface area contributed by atoms with Crippen LogP contribution in [0, 0.1) is 34.0 Å². The van der Waals surface area contributed by atoms with Gasteiger partial charge in [0.15, 0.2) is 0 Å². The largest absolute Gasteiger partial charge is 0.472 e. The fraction of sp³-hybridized carbons (Fsp3) is 0.711. The molecule has 2 heterocycles. The molecule has 11 heteroatoms. The van der Waals surface area contributed by atoms with Gasteiger partial charge in [0.05, 0.1) is 18.9 Å². The van der Waals surface area contributed by atoms with Crippen LogP contribution in [-0.2, 0) is 47.7 Å². The van der Waals surface area contributed by atoms with Crippen molar-refractivity contribution in [1.29, 1.82) is 0 Å². The standard InChI is InChI=1S/C38H52O11/c1-11-20(2)33(47-23(5)41)34(43)48-29-17-28-37(9,26-13-12-25(36(26,29)8)24-14-15-44-19-24)30(45-21(3)39)16-27-35(6,7)49-32(42)18-31(38(27,28)10)46-22(4)40/h13-15,19-20,25,27-31,33H,11-12,16-18H2,1-10H3/t20-,25-,27-,28-,29+,30+,31-,33+,36-,37-,38-/m0/s1. The molecule has 1 aliphatic heterocycles. The van der Waals surface area contributed by atoms with Gasteiger partial charge in [-0.1, -0.05) is 46.3 Å². The molecule has 270 valence electrons. The maximum Gasteiger partial charge on any atom is 0.348 e. The number of fused-ring (bicyclic) bond motifs is 5. The molecule has 3 fully saturated rings. The van der Waals surface area contributed by atoms with Crippen LogP contribution in [0.15, 0.2) is 34.7 Å². The van der Waals surface area contributed by atoms with Crippen LogP contribution >= 0.6 is 0 Å². The average molecular weight is 685 g/mol. The predicted octanol–water partition coefficient (Wildman–Crippen LogP) is 6.23. The lowest BCUT2D eigenvalue weighted by Crippen LogP contribution is -2.69. The number of hydrogen-bond acceptors (Lipinski definition) is 11. The topological polar surface area (TPSA) is 145 Å². The molecule has 3 aliphatic carbocycles. The highest BCUT2D eigenvalue weighted by atomic mass is 16.6. The van der Waals surface area contributed by atoms with Gasteiger partial charge in [-0.25, -0.2) is 4.79 Å². The van der Waals surface area contributed by atoms with Crippen LogP contribution in [0.25, 0.3) is 0 Å². The maximum absolute atomic E-state index is 14.2. The lowest BCUT2D eigenvalue weighted by Gasteiger charge is -2.67. The summed E-state index contributed by atoms with van der Waals surface area (Å²) in [6.45, 7) is 17.7. The van der Waals surface area contributed by atoms with Crippen molar-refractivity contribution in [3.63, 3.8) is 0 Å². The quantitative estimate of drug-likeness (QED) is 0.175. The van der Waals surface area contributed by atoms with E-state index in [-0.39, 0.29) is 24.7 Å². The molecule has 0 N–H and O–H groups in total. The van der Waals surface area contributed by atoms with E-state index in [2.05, 4.69) is 19.9 Å². The SMILES string of the molecule is CC[C@H](C)[C@@H](OC(C)=O)C(=O)O[C@@H]1C[C@H]2[C@](C)(C3=CC[C@@H](c4ccoc4)[C@@]31C)[C@H](OC(C)=O)C[C@H]1C(C)(C)OC(=O)C[C@H](OC(C)=O)[C@@]12C. The van der Waals surface area contributed by atoms with Crippen LogP contribution < -0.4 is 0 Å². The molecular formula is C38H52O11. The fourth-order valence-electron chi connectivity index (χ4n) is 10.4. The van der Waals surface area contributed by atoms with Crippen molar-refractivity contribution in [2.75, 3.05) is 0 Å². The summed E-state index contributed by atoms with van der Waals surface area (Å²) >= 11 is 0. The summed E-state index contributed by atoms with van der Waals surface area (Å²) in [5, 5.41) is 0. The zero-order chi connectivity index (χ0) is 36.3. The van der Waals surface area contributed by atoms with Gasteiger partial charge in [-0.2, -0.15) is 0 Å². The number of esters is 5. The monoisotopic (exact) mass is 684 g/mol. The summed E-state index contributed by atoms with van der Waals surface area (Å²) in [6, 6.07) is 1.91. The molecule has 1 aromatic rings. The van der Waals surface area contributed by atoms with Crippen LogP contribution in [0.3, 0.4) is 0 Å². The van der Waals surface area contributed by atoms with Gasteiger partial charge in [-0.3, -0.25) is 19.2 Å². The summed E-state index contributed by atoms with van der Waals surface area (Å²) in [6.07, 6.45) is 3.79. The Bertz CT molecular complexity index is 1510. The van der Waals surface area contributed by atoms with Gasteiger partial charge in [-0.05, 0) is 57.1 Å². The zero-order valence-electron chi connectivity index (χ0n) is 30.5. The summed E-state index contributed by atoms with van der Waals surface area (Å²) in [7, 11) is 0. The van der Waals surface area contributed by atoms with Gasteiger partial charge < -0.3 is 28.1 Å². The van der Waals surface area contributed by atoms with E-state index < -0.39 is 87.9 Å². The number of hydrogen-bond donors (Lipinski definition) is 0. The van der Waals surface area contributed by atoms with Crippen LogP contribution in [0.2, 0.25) is 0 Å². The highest BCUT2D eigenvalue weighted by Gasteiger charge is 2.73. The van der Waals surface area contributed by atoms with Gasteiger partial charge in [0.25, 0.3) is 0 Å². The Morgan fingerprint density at radius 3 is 2.06 bits per heavy atom. The van der Waals surface area contributed by atoms with Crippen molar-refractivity contribution >= 4 is 29.8 Å². The first-order chi connectivity index (χ1) is 22.8. The molecule has 0 unspecified atom stereocenters. The number of carbonyl (C=O) groups is 5. The van der Waals surface area contributed by atoms with Gasteiger partial charge >= 0.3 is 29.8 Å². The van der Waals surface area contributed by atoms with Crippen molar-refractivity contribution in [3.05, 3.63) is 35.8 Å². The van der Waals surface area contributed by atoms with Crippen LogP contribution in [0.1, 0.15) is 113 Å². The molecule has 49 heavy (non-hydrogen) atoms. The molecule has 4 aliphatic rings. The van der Waals surface area contributed by atoms with E-state index >= 15 is 0 Å². The van der Waals surface area contributed by atoms with E-state index in [1.165, 1.54) is 20.8 Å². The van der Waals surface area contributed by atoms with Gasteiger partial charge in [0.1, 0.15) is 23.9 Å². The minimum Gasteiger partial charge on any atom is -0.472 e. The minimum atomic E-state index is -1.11. The molecule has 5 rings (SSSR count). The third kappa shape index (κ3) is 5.98. The van der Waals surface area contributed by atoms with E-state index in [1.54, 1.807) is 12.5 Å². The normalized spacial score (nSPS) is 37.4. The number of rotatable bonds is 8. The third-order valence-corrected chi connectivity index (χ3v) is 12.7. The molecule has 0 radical (unpaired) electrons. The summed E-state index contributed by atoms with van der Waals surface area (Å²) in [4.78, 5) is 65.1. The predicted molar refractivity (Wildman–Crippen MR) is 175 cm³/mol. The van der Waals surface area contributed by atoms with Crippen LogP contribution in [0.5, 0.6) is 0 Å². The molecule has 0 spiro atoms. The van der Waals surface area contributed by atoms with Crippen molar-refractivity contribution in [3.8, 4) is 0 Å². The zero-order valence-corrected chi connectivity index (χ0v) is 30.5. The second-order valence-electron chi connectivity index (χ2n) is 15.8. The van der Waals surface area contributed by atoms with E-state index in [0.29, 0.717) is 19.3 Å². The summed E-state index contributed by atoms with van der Waals surface area (Å²) in [5.41, 5.74) is -1.65. The Morgan fingerprint density at radius 2 is 1.49 bits per heavy atom. The van der Waals surface area contributed by atoms with Gasteiger partial charge in [0.2, 0.25) is 6.10 Å². The molecule has 1 aromatic heterocycles. The molecule has 1 saturated heterocycles. The summed E-state index contributed by atoms with van der Waals surface area (Å²) < 4.78 is 36.0. The van der Waals surface area contributed by atoms with Gasteiger partial charge in [0, 0.05) is 54.8 Å². The maximum atomic E-state index is 14.2. The van der Waals surface area contributed by atoms with E-state index in [4.69, 9.17) is 28.1 Å². The van der Waals surface area contributed by atoms with Gasteiger partial charge in [-0.15, -0.1) is 0 Å². The first-order valence-electron chi connectivity index (χ1n) is 17.5. The third-order valence-electron chi connectivity index (χ3n) is 12.7. The Hall–Kier alpha value is -3.63. The minimum absolute atomic E-state index is 0.151. The molecule has 11 nitrogen and oxygen atoms in total. The van der Waals surface area contributed by atoms with E-state index in [1.807, 2.05) is 40.7 Å². The Labute approximate surface area is 288 Å². The van der Waals surface area contributed by atoms with E-state index in [0.717, 1.165) is 11.1 Å². The Kier molecular flexibility index (Phi) is 9.66. The van der Waals surface area contributed by atoms with Crippen molar-refractivity contribution < 1.29 is 52.1 Å². The average Bonchev–Trinajstić information content (AvgIpc) is 3.63. The van der Waals surface area contributed by atoms with Crippen molar-refractivity contribution in [2.24, 2.45) is 34.0 Å². The Morgan fingerprint density at radius 1 is 0.878 bits per heavy atom. The Balaban J connectivity index is 1.74. The number of ether oxygens (including phenoxy) is 5. The summed E-state index contributed by atoms with van der Waals surface area (Å²) in [5.74, 6) is -3.97. The molecule has 0 amide bonds. The fourth-order valence-corrected chi connectivity index (χ4v) is 10.4. The first kappa shape index (κ1) is 36.6. The lowest BCUT2D eigenvalue weighted by atomic mass is 9.39. The highest BCUT2D eigenvalue weighted by Crippen LogP contribution is 2.73. The van der Waals surface area contributed by atoms with Crippen LogP contribution in [-0.4, -0.2) is 59.9 Å². The first-order valence-corrected chi connectivity index (χ1v) is 17.5. The smallest absolute Gasteiger partial charge is 0.348 e. The van der Waals surface area contributed by atoms with Crippen LogP contribution in [0.4, 0.5) is 0 Å². The van der Waals surface area contributed by atoms with Crippen molar-refractivity contribution in [1.82, 2.24) is 0 Å². The number of furan rings is 1. The number of cyclic esters (lactones) is 1. The lowest BCUT2D eigenvalue weighted by molar-refractivity contribution is -0.239. The second-order valence-corrected chi connectivity index (χ2v) is 15.8. The molecule has 2 saturated carbocycles. The number of allylic oxidation sites excluding steroid dienone is 1.